The van der Waals surface area contributed by atoms with Gasteiger partial charge in [0.15, 0.2) is 17.3 Å². The number of alkyl halides is 1. The maximum Gasteiger partial charge on any atom is 0.165 e. The van der Waals surface area contributed by atoms with Crippen molar-refractivity contribution in [2.45, 2.75) is 70.4 Å². The Bertz CT molecular complexity index is 917. The highest BCUT2D eigenvalue weighted by Crippen LogP contribution is 2.45. The lowest BCUT2D eigenvalue weighted by atomic mass is 9.79. The van der Waals surface area contributed by atoms with Crippen molar-refractivity contribution in [1.29, 1.82) is 0 Å². The van der Waals surface area contributed by atoms with E-state index in [1.807, 2.05) is 0 Å². The second kappa shape index (κ2) is 11.9. The Kier molecular flexibility index (Phi) is 9.01. The second-order valence-electron chi connectivity index (χ2n) is 8.49. The summed E-state index contributed by atoms with van der Waals surface area (Å²) < 4.78 is 49.1. The van der Waals surface area contributed by atoms with Crippen molar-refractivity contribution >= 4 is 5.57 Å². The summed E-state index contributed by atoms with van der Waals surface area (Å²) in [5.41, 5.74) is -0.676. The molecule has 1 aliphatic carbocycles. The van der Waals surface area contributed by atoms with E-state index in [1.54, 1.807) is 42.5 Å². The Labute approximate surface area is 190 Å². The van der Waals surface area contributed by atoms with Crippen LogP contribution in [0.25, 0.3) is 5.57 Å². The lowest BCUT2D eigenvalue weighted by Gasteiger charge is -2.30. The molecule has 1 aliphatic rings. The molecular formula is C28H33F3O. The standard InChI is InChI=1S/C28H33F3O/c1-2-3-4-5-6-7-8-11-20-32-24-16-14-23(15-17-24)28(31)19-10-9-12-25(28)22-13-18-26(29)27(30)21-22/h9-10,12-18,21H,2-8,11,19-20H2,1H3. The van der Waals surface area contributed by atoms with Gasteiger partial charge < -0.3 is 4.74 Å². The van der Waals surface area contributed by atoms with E-state index in [1.165, 1.54) is 44.6 Å². The van der Waals surface area contributed by atoms with Gasteiger partial charge in [-0.1, -0.05) is 88.3 Å². The van der Waals surface area contributed by atoms with Crippen LogP contribution in [0.1, 0.15) is 75.8 Å². The van der Waals surface area contributed by atoms with Crippen LogP contribution in [0.5, 0.6) is 5.75 Å². The summed E-state index contributed by atoms with van der Waals surface area (Å²) in [7, 11) is 0. The molecule has 1 atom stereocenters. The minimum absolute atomic E-state index is 0.135. The molecule has 0 spiro atoms. The Morgan fingerprint density at radius 1 is 0.844 bits per heavy atom. The van der Waals surface area contributed by atoms with E-state index < -0.39 is 17.3 Å². The van der Waals surface area contributed by atoms with Gasteiger partial charge in [-0.05, 0) is 41.8 Å². The maximum absolute atomic E-state index is 16.1. The molecule has 1 nitrogen and oxygen atoms in total. The van der Waals surface area contributed by atoms with Crippen LogP contribution in [0.15, 0.2) is 60.7 Å². The number of allylic oxidation sites excluding steroid dienone is 4. The zero-order valence-corrected chi connectivity index (χ0v) is 18.9. The number of rotatable bonds is 12. The fourth-order valence-electron chi connectivity index (χ4n) is 4.14. The second-order valence-corrected chi connectivity index (χ2v) is 8.49. The average Bonchev–Trinajstić information content (AvgIpc) is 2.80. The summed E-state index contributed by atoms with van der Waals surface area (Å²) in [6.07, 6.45) is 15.2. The molecule has 4 heteroatoms. The molecule has 0 saturated heterocycles. The molecule has 0 bridgehead atoms. The molecule has 0 heterocycles. The molecule has 3 rings (SSSR count). The van der Waals surface area contributed by atoms with Gasteiger partial charge in [-0.2, -0.15) is 0 Å². The van der Waals surface area contributed by atoms with Crippen LogP contribution < -0.4 is 4.74 Å². The summed E-state index contributed by atoms with van der Waals surface area (Å²) in [5, 5.41) is 0. The molecule has 32 heavy (non-hydrogen) atoms. The molecule has 0 saturated carbocycles. The third kappa shape index (κ3) is 6.27. The summed E-state index contributed by atoms with van der Waals surface area (Å²) in [5.74, 6) is -1.21. The first-order valence-electron chi connectivity index (χ1n) is 11.8. The number of halogens is 3. The van der Waals surface area contributed by atoms with Gasteiger partial charge in [-0.3, -0.25) is 0 Å². The molecule has 1 unspecified atom stereocenters. The predicted octanol–water partition coefficient (Wildman–Crippen LogP) is 8.69. The first kappa shape index (κ1) is 24.2. The molecule has 0 N–H and O–H groups in total. The highest BCUT2D eigenvalue weighted by Gasteiger charge is 2.37. The van der Waals surface area contributed by atoms with Crippen molar-refractivity contribution in [3.8, 4) is 5.75 Å². The van der Waals surface area contributed by atoms with Crippen LogP contribution >= 0.6 is 0 Å². The monoisotopic (exact) mass is 442 g/mol. The SMILES string of the molecule is CCCCCCCCCCOc1ccc(C2(F)CC=CC=C2c2ccc(F)c(F)c2)cc1. The molecule has 0 radical (unpaired) electrons. The number of ether oxygens (including phenoxy) is 1. The Hall–Kier alpha value is -2.49. The first-order valence-corrected chi connectivity index (χ1v) is 11.8. The van der Waals surface area contributed by atoms with E-state index in [0.717, 1.165) is 25.0 Å². The highest BCUT2D eigenvalue weighted by molar-refractivity contribution is 5.76. The molecule has 0 aromatic heterocycles. The van der Waals surface area contributed by atoms with Crippen molar-refractivity contribution in [2.24, 2.45) is 0 Å². The van der Waals surface area contributed by atoms with E-state index in [-0.39, 0.29) is 6.42 Å². The minimum Gasteiger partial charge on any atom is -0.494 e. The van der Waals surface area contributed by atoms with Gasteiger partial charge in [-0.25, -0.2) is 13.2 Å². The van der Waals surface area contributed by atoms with Crippen LogP contribution in [0.3, 0.4) is 0 Å². The van der Waals surface area contributed by atoms with Crippen LogP contribution in [0, 0.1) is 11.6 Å². The van der Waals surface area contributed by atoms with Gasteiger partial charge in [0.05, 0.1) is 6.61 Å². The van der Waals surface area contributed by atoms with Gasteiger partial charge in [0, 0.05) is 12.0 Å². The van der Waals surface area contributed by atoms with Gasteiger partial charge in [0.1, 0.15) is 5.75 Å². The Balaban J connectivity index is 1.55. The van der Waals surface area contributed by atoms with E-state index in [0.29, 0.717) is 29.1 Å². The quantitative estimate of drug-likeness (QED) is 0.299. The van der Waals surface area contributed by atoms with E-state index in [2.05, 4.69) is 6.92 Å². The van der Waals surface area contributed by atoms with Crippen molar-refractivity contribution in [1.82, 2.24) is 0 Å². The van der Waals surface area contributed by atoms with Crippen molar-refractivity contribution in [2.75, 3.05) is 6.61 Å². The van der Waals surface area contributed by atoms with E-state index in [9.17, 15) is 8.78 Å². The Morgan fingerprint density at radius 2 is 1.53 bits per heavy atom. The highest BCUT2D eigenvalue weighted by atomic mass is 19.2. The largest absolute Gasteiger partial charge is 0.494 e. The van der Waals surface area contributed by atoms with E-state index in [4.69, 9.17) is 4.74 Å². The fourth-order valence-corrected chi connectivity index (χ4v) is 4.14. The summed E-state index contributed by atoms with van der Waals surface area (Å²) in [4.78, 5) is 0. The molecule has 2 aromatic rings. The summed E-state index contributed by atoms with van der Waals surface area (Å²) in [6.45, 7) is 2.88. The summed E-state index contributed by atoms with van der Waals surface area (Å²) >= 11 is 0. The van der Waals surface area contributed by atoms with Crippen molar-refractivity contribution in [3.63, 3.8) is 0 Å². The minimum atomic E-state index is -1.81. The normalized spacial score (nSPS) is 17.9. The topological polar surface area (TPSA) is 9.23 Å². The van der Waals surface area contributed by atoms with Crippen LogP contribution in [0.2, 0.25) is 0 Å². The zero-order valence-electron chi connectivity index (χ0n) is 18.9. The molecule has 0 aliphatic heterocycles. The first-order chi connectivity index (χ1) is 15.5. The number of hydrogen-bond acceptors (Lipinski definition) is 1. The Morgan fingerprint density at radius 3 is 2.22 bits per heavy atom. The number of benzene rings is 2. The molecule has 172 valence electrons. The molecule has 0 fully saturated rings. The molecule has 2 aromatic carbocycles. The van der Waals surface area contributed by atoms with E-state index >= 15 is 4.39 Å². The van der Waals surface area contributed by atoms with Gasteiger partial charge >= 0.3 is 0 Å². The number of unbranched alkanes of at least 4 members (excludes halogenated alkanes) is 7. The van der Waals surface area contributed by atoms with Gasteiger partial charge in [0.25, 0.3) is 0 Å². The van der Waals surface area contributed by atoms with Crippen LogP contribution in [-0.2, 0) is 5.67 Å². The third-order valence-corrected chi connectivity index (χ3v) is 6.03. The molecular weight excluding hydrogens is 409 g/mol. The number of hydrogen-bond donors (Lipinski definition) is 0. The average molecular weight is 443 g/mol. The third-order valence-electron chi connectivity index (χ3n) is 6.03. The van der Waals surface area contributed by atoms with Crippen molar-refractivity contribution < 1.29 is 17.9 Å². The van der Waals surface area contributed by atoms with Gasteiger partial charge in [-0.15, -0.1) is 0 Å². The smallest absolute Gasteiger partial charge is 0.165 e. The lowest BCUT2D eigenvalue weighted by molar-refractivity contribution is 0.249. The van der Waals surface area contributed by atoms with Crippen LogP contribution in [0.4, 0.5) is 13.2 Å². The summed E-state index contributed by atoms with van der Waals surface area (Å²) in [6, 6.07) is 10.5. The van der Waals surface area contributed by atoms with Gasteiger partial charge in [0.2, 0.25) is 0 Å². The molecule has 0 amide bonds. The van der Waals surface area contributed by atoms with Crippen molar-refractivity contribution in [3.05, 3.63) is 83.5 Å². The maximum atomic E-state index is 16.1. The zero-order chi connectivity index (χ0) is 22.8. The van der Waals surface area contributed by atoms with Crippen LogP contribution in [-0.4, -0.2) is 6.61 Å². The predicted molar refractivity (Wildman–Crippen MR) is 125 cm³/mol. The fraction of sp³-hybridized carbons (Fsp3) is 0.429. The lowest BCUT2D eigenvalue weighted by Crippen LogP contribution is -2.23.